The summed E-state index contributed by atoms with van der Waals surface area (Å²) in [7, 11) is 0. The summed E-state index contributed by atoms with van der Waals surface area (Å²) in [5, 5.41) is 7.72. The molecule has 2 heteroatoms. The van der Waals surface area contributed by atoms with Gasteiger partial charge >= 0.3 is 0 Å². The third-order valence-electron chi connectivity index (χ3n) is 11.9. The lowest BCUT2D eigenvalue weighted by atomic mass is 9.81. The minimum Gasteiger partial charge on any atom is -0.310 e. The van der Waals surface area contributed by atoms with E-state index in [0.717, 1.165) is 22.7 Å². The van der Waals surface area contributed by atoms with Crippen molar-refractivity contribution in [2.75, 3.05) is 4.90 Å². The molecule has 0 saturated heterocycles. The Labute approximate surface area is 321 Å². The van der Waals surface area contributed by atoms with Crippen LogP contribution in [-0.4, -0.2) is 4.57 Å². The van der Waals surface area contributed by atoms with Gasteiger partial charge in [-0.3, -0.25) is 0 Å². The summed E-state index contributed by atoms with van der Waals surface area (Å²) in [5.41, 5.74) is 14.7. The SMILES string of the molecule is CC1(C)c2cc(N(c3ccccc3)c3ccc(-c4ccc(-n5c6ccccc6c6c7ccccc7ccc65)cc4)cc3)ccc2-c2cc3ccccc3cc21. The molecule has 9 aromatic carbocycles. The summed E-state index contributed by atoms with van der Waals surface area (Å²) in [6, 6.07) is 71.3. The average molecular weight is 703 g/mol. The highest BCUT2D eigenvalue weighted by molar-refractivity contribution is 6.21. The van der Waals surface area contributed by atoms with E-state index in [1.54, 1.807) is 0 Å². The number of hydrogen-bond acceptors (Lipinski definition) is 1. The van der Waals surface area contributed by atoms with Gasteiger partial charge in [0.1, 0.15) is 0 Å². The van der Waals surface area contributed by atoms with Gasteiger partial charge in [-0.1, -0.05) is 135 Å². The zero-order valence-electron chi connectivity index (χ0n) is 30.9. The smallest absolute Gasteiger partial charge is 0.0547 e. The quantitative estimate of drug-likeness (QED) is 0.173. The second kappa shape index (κ2) is 12.1. The second-order valence-corrected chi connectivity index (χ2v) is 15.4. The van der Waals surface area contributed by atoms with Crippen LogP contribution in [0.5, 0.6) is 0 Å². The van der Waals surface area contributed by atoms with Gasteiger partial charge in [-0.15, -0.1) is 0 Å². The van der Waals surface area contributed by atoms with Crippen molar-refractivity contribution in [2.24, 2.45) is 0 Å². The van der Waals surface area contributed by atoms with E-state index in [4.69, 9.17) is 0 Å². The van der Waals surface area contributed by atoms with Gasteiger partial charge in [-0.05, 0) is 128 Å². The third-order valence-corrected chi connectivity index (χ3v) is 11.9. The van der Waals surface area contributed by atoms with Crippen LogP contribution >= 0.6 is 0 Å². The fourth-order valence-electron chi connectivity index (χ4n) is 9.20. The molecule has 11 rings (SSSR count). The van der Waals surface area contributed by atoms with Crippen LogP contribution in [0.2, 0.25) is 0 Å². The molecule has 1 heterocycles. The van der Waals surface area contributed by atoms with E-state index >= 15 is 0 Å². The third kappa shape index (κ3) is 4.88. The van der Waals surface area contributed by atoms with Gasteiger partial charge in [0.25, 0.3) is 0 Å². The van der Waals surface area contributed by atoms with Gasteiger partial charge < -0.3 is 9.47 Å². The monoisotopic (exact) mass is 702 g/mol. The first-order chi connectivity index (χ1) is 27.0. The molecule has 0 radical (unpaired) electrons. The van der Waals surface area contributed by atoms with Crippen LogP contribution in [0.4, 0.5) is 17.1 Å². The lowest BCUT2D eigenvalue weighted by Crippen LogP contribution is -2.16. The number of aromatic nitrogens is 1. The van der Waals surface area contributed by atoms with E-state index in [1.165, 1.54) is 76.7 Å². The molecule has 0 fully saturated rings. The largest absolute Gasteiger partial charge is 0.310 e. The van der Waals surface area contributed by atoms with Crippen LogP contribution in [0, 0.1) is 0 Å². The van der Waals surface area contributed by atoms with Crippen molar-refractivity contribution in [3.05, 3.63) is 205 Å². The summed E-state index contributed by atoms with van der Waals surface area (Å²) in [6.45, 7) is 4.73. The Bertz CT molecular complexity index is 3100. The van der Waals surface area contributed by atoms with Crippen molar-refractivity contribution in [3.63, 3.8) is 0 Å². The topological polar surface area (TPSA) is 8.17 Å². The molecule has 0 unspecified atom stereocenters. The Hall–Kier alpha value is -6.90. The maximum atomic E-state index is 2.41. The summed E-state index contributed by atoms with van der Waals surface area (Å²) in [6.07, 6.45) is 0. The van der Waals surface area contributed by atoms with Gasteiger partial charge in [-0.25, -0.2) is 0 Å². The Morgan fingerprint density at radius 3 is 1.75 bits per heavy atom. The fraction of sp³-hybridized carbons (Fsp3) is 0.0566. The highest BCUT2D eigenvalue weighted by Gasteiger charge is 2.36. The van der Waals surface area contributed by atoms with Crippen molar-refractivity contribution < 1.29 is 0 Å². The van der Waals surface area contributed by atoms with Crippen molar-refractivity contribution in [1.82, 2.24) is 4.57 Å². The summed E-state index contributed by atoms with van der Waals surface area (Å²) in [4.78, 5) is 2.38. The molecule has 260 valence electrons. The molecule has 0 spiro atoms. The Morgan fingerprint density at radius 2 is 0.982 bits per heavy atom. The standard InChI is InChI=1S/C53H38N2/c1-53(2)48-33-39-14-7-6-13-38(39)32-47(48)45-30-29-43(34-49(45)53)54(40-15-4-3-5-16-40)41-25-20-35(21-26-41)36-22-27-42(28-23-36)55-50-19-11-10-18-46(50)52-44-17-9-8-12-37(44)24-31-51(52)55/h3-34H,1-2H3. The molecule has 0 saturated carbocycles. The predicted octanol–water partition coefficient (Wildman–Crippen LogP) is 14.5. The van der Waals surface area contributed by atoms with E-state index in [0.29, 0.717) is 0 Å². The molecule has 0 N–H and O–H groups in total. The Morgan fingerprint density at radius 1 is 0.400 bits per heavy atom. The van der Waals surface area contributed by atoms with E-state index < -0.39 is 0 Å². The zero-order valence-corrected chi connectivity index (χ0v) is 30.9. The molecular weight excluding hydrogens is 665 g/mol. The van der Waals surface area contributed by atoms with E-state index in [-0.39, 0.29) is 5.41 Å². The molecule has 0 atom stereocenters. The number of hydrogen-bond donors (Lipinski definition) is 0. The second-order valence-electron chi connectivity index (χ2n) is 15.4. The predicted molar refractivity (Wildman–Crippen MR) is 233 cm³/mol. The number of nitrogens with zero attached hydrogens (tertiary/aromatic N) is 2. The molecule has 1 aliphatic rings. The first kappa shape index (κ1) is 31.6. The van der Waals surface area contributed by atoms with Crippen molar-refractivity contribution in [1.29, 1.82) is 0 Å². The summed E-state index contributed by atoms with van der Waals surface area (Å²) < 4.78 is 2.40. The lowest BCUT2D eigenvalue weighted by Gasteiger charge is -2.28. The molecule has 2 nitrogen and oxygen atoms in total. The number of rotatable bonds is 5. The van der Waals surface area contributed by atoms with Crippen molar-refractivity contribution >= 4 is 60.4 Å². The van der Waals surface area contributed by atoms with Crippen LogP contribution in [0.1, 0.15) is 25.0 Å². The molecule has 0 aliphatic heterocycles. The van der Waals surface area contributed by atoms with Crippen molar-refractivity contribution in [3.8, 4) is 27.9 Å². The first-order valence-electron chi connectivity index (χ1n) is 19.2. The first-order valence-corrected chi connectivity index (χ1v) is 19.2. The van der Waals surface area contributed by atoms with E-state index in [1.807, 2.05) is 0 Å². The number of fused-ring (bicyclic) bond motifs is 9. The van der Waals surface area contributed by atoms with Gasteiger partial charge in [-0.2, -0.15) is 0 Å². The molecule has 0 amide bonds. The molecule has 1 aliphatic carbocycles. The van der Waals surface area contributed by atoms with E-state index in [9.17, 15) is 0 Å². The van der Waals surface area contributed by atoms with Gasteiger partial charge in [0.05, 0.1) is 11.0 Å². The normalized spacial score (nSPS) is 13.1. The molecule has 55 heavy (non-hydrogen) atoms. The summed E-state index contributed by atoms with van der Waals surface area (Å²) in [5.74, 6) is 0. The Kier molecular flexibility index (Phi) is 6.93. The average Bonchev–Trinajstić information content (AvgIpc) is 3.69. The minimum atomic E-state index is -0.115. The van der Waals surface area contributed by atoms with Crippen LogP contribution < -0.4 is 4.90 Å². The Balaban J connectivity index is 0.959. The van der Waals surface area contributed by atoms with E-state index in [2.05, 4.69) is 217 Å². The fourth-order valence-corrected chi connectivity index (χ4v) is 9.20. The molecule has 0 bridgehead atoms. The highest BCUT2D eigenvalue weighted by atomic mass is 15.1. The van der Waals surface area contributed by atoms with Crippen molar-refractivity contribution in [2.45, 2.75) is 19.3 Å². The van der Waals surface area contributed by atoms with Gasteiger partial charge in [0.15, 0.2) is 0 Å². The van der Waals surface area contributed by atoms with Crippen LogP contribution in [0.25, 0.3) is 71.3 Å². The summed E-state index contributed by atoms with van der Waals surface area (Å²) >= 11 is 0. The number of para-hydroxylation sites is 2. The number of anilines is 3. The van der Waals surface area contributed by atoms with Gasteiger partial charge in [0, 0.05) is 38.9 Å². The number of benzene rings is 9. The van der Waals surface area contributed by atoms with Crippen LogP contribution in [0.3, 0.4) is 0 Å². The molecule has 10 aromatic rings. The minimum absolute atomic E-state index is 0.115. The molecular formula is C53H38N2. The highest BCUT2D eigenvalue weighted by Crippen LogP contribution is 2.52. The molecule has 1 aromatic heterocycles. The maximum absolute atomic E-state index is 2.41. The van der Waals surface area contributed by atoms with Gasteiger partial charge in [0.2, 0.25) is 0 Å². The van der Waals surface area contributed by atoms with Crippen LogP contribution in [0.15, 0.2) is 194 Å². The maximum Gasteiger partial charge on any atom is 0.0547 e. The lowest BCUT2D eigenvalue weighted by molar-refractivity contribution is 0.661. The zero-order chi connectivity index (χ0) is 36.7. The van der Waals surface area contributed by atoms with Crippen LogP contribution in [-0.2, 0) is 5.41 Å².